The van der Waals surface area contributed by atoms with Gasteiger partial charge in [0.05, 0.1) is 6.10 Å². The molecule has 2 rings (SSSR count). The first-order valence-corrected chi connectivity index (χ1v) is 6.71. The maximum atomic E-state index is 12.3. The molecule has 1 aliphatic heterocycles. The van der Waals surface area contributed by atoms with Crippen LogP contribution in [0.2, 0.25) is 0 Å². The number of hydrogen-bond donors (Lipinski definition) is 0. The molecule has 2 fully saturated rings. The molecular formula is C13H24N2O2. The van der Waals surface area contributed by atoms with Crippen molar-refractivity contribution >= 4 is 5.91 Å². The minimum Gasteiger partial charge on any atom is -0.381 e. The van der Waals surface area contributed by atoms with Crippen molar-refractivity contribution in [3.63, 3.8) is 0 Å². The van der Waals surface area contributed by atoms with Crippen molar-refractivity contribution in [2.24, 2.45) is 5.92 Å². The lowest BCUT2D eigenvalue weighted by Gasteiger charge is -2.36. The van der Waals surface area contributed by atoms with Crippen LogP contribution in [0.25, 0.3) is 0 Å². The molecule has 1 saturated carbocycles. The Labute approximate surface area is 104 Å². The number of piperazine rings is 1. The van der Waals surface area contributed by atoms with Crippen molar-refractivity contribution < 1.29 is 9.53 Å². The Bertz CT molecular complexity index is 254. The van der Waals surface area contributed by atoms with Gasteiger partial charge >= 0.3 is 0 Å². The van der Waals surface area contributed by atoms with Crippen molar-refractivity contribution in [3.05, 3.63) is 0 Å². The van der Waals surface area contributed by atoms with E-state index in [2.05, 4.69) is 16.8 Å². The van der Waals surface area contributed by atoms with E-state index in [0.717, 1.165) is 51.9 Å². The zero-order valence-corrected chi connectivity index (χ0v) is 11.0. The summed E-state index contributed by atoms with van der Waals surface area (Å²) in [5.74, 6) is 0.637. The Hall–Kier alpha value is -0.610. The summed E-state index contributed by atoms with van der Waals surface area (Å²) in [5.41, 5.74) is 0. The van der Waals surface area contributed by atoms with Crippen LogP contribution in [0.5, 0.6) is 0 Å². The second kappa shape index (κ2) is 5.83. The molecule has 1 heterocycles. The predicted molar refractivity (Wildman–Crippen MR) is 66.8 cm³/mol. The molecule has 1 saturated heterocycles. The van der Waals surface area contributed by atoms with E-state index in [9.17, 15) is 4.79 Å². The third kappa shape index (κ3) is 3.19. The maximum absolute atomic E-state index is 12.3. The van der Waals surface area contributed by atoms with E-state index >= 15 is 0 Å². The molecule has 0 N–H and O–H groups in total. The number of methoxy groups -OCH3 is 1. The third-order valence-electron chi connectivity index (χ3n) is 4.17. The lowest BCUT2D eigenvalue weighted by atomic mass is 9.86. The van der Waals surface area contributed by atoms with Crippen LogP contribution in [-0.4, -0.2) is 62.1 Å². The first-order valence-electron chi connectivity index (χ1n) is 6.71. The van der Waals surface area contributed by atoms with E-state index in [1.165, 1.54) is 0 Å². The average molecular weight is 240 g/mol. The SMILES string of the molecule is COC1CCC(C(=O)N2CCN(C)CC2)CC1. The molecule has 0 aromatic carbocycles. The molecule has 0 atom stereocenters. The first kappa shape index (κ1) is 12.8. The van der Waals surface area contributed by atoms with E-state index < -0.39 is 0 Å². The second-order valence-electron chi connectivity index (χ2n) is 5.34. The molecule has 0 bridgehead atoms. The minimum atomic E-state index is 0.254. The lowest BCUT2D eigenvalue weighted by molar-refractivity contribution is -0.139. The van der Waals surface area contributed by atoms with Gasteiger partial charge < -0.3 is 14.5 Å². The maximum Gasteiger partial charge on any atom is 0.225 e. The summed E-state index contributed by atoms with van der Waals surface area (Å²) < 4.78 is 5.35. The fourth-order valence-corrected chi connectivity index (χ4v) is 2.83. The fraction of sp³-hybridized carbons (Fsp3) is 0.923. The summed E-state index contributed by atoms with van der Waals surface area (Å²) in [6.45, 7) is 3.83. The van der Waals surface area contributed by atoms with Crippen LogP contribution >= 0.6 is 0 Å². The number of nitrogens with zero attached hydrogens (tertiary/aromatic N) is 2. The molecule has 17 heavy (non-hydrogen) atoms. The topological polar surface area (TPSA) is 32.8 Å². The Morgan fingerprint density at radius 3 is 2.18 bits per heavy atom. The monoisotopic (exact) mass is 240 g/mol. The predicted octanol–water partition coefficient (Wildman–Crippen LogP) is 0.966. The van der Waals surface area contributed by atoms with Crippen LogP contribution in [0.3, 0.4) is 0 Å². The van der Waals surface area contributed by atoms with Gasteiger partial charge in [0.15, 0.2) is 0 Å². The highest BCUT2D eigenvalue weighted by atomic mass is 16.5. The molecule has 1 amide bonds. The molecule has 2 aliphatic rings. The molecule has 0 aromatic heterocycles. The summed E-state index contributed by atoms with van der Waals surface area (Å²) in [7, 11) is 3.89. The third-order valence-corrected chi connectivity index (χ3v) is 4.17. The molecule has 0 aromatic rings. The highest BCUT2D eigenvalue weighted by Gasteiger charge is 2.30. The van der Waals surface area contributed by atoms with Gasteiger partial charge in [-0.15, -0.1) is 0 Å². The molecule has 4 heteroatoms. The minimum absolute atomic E-state index is 0.254. The van der Waals surface area contributed by atoms with Gasteiger partial charge in [0, 0.05) is 39.2 Å². The van der Waals surface area contributed by atoms with Crippen LogP contribution in [0.4, 0.5) is 0 Å². The Kier molecular flexibility index (Phi) is 4.40. The smallest absolute Gasteiger partial charge is 0.225 e. The van der Waals surface area contributed by atoms with E-state index in [4.69, 9.17) is 4.74 Å². The summed E-state index contributed by atoms with van der Waals surface area (Å²) in [4.78, 5) is 16.7. The first-order chi connectivity index (χ1) is 8.20. The van der Waals surface area contributed by atoms with Gasteiger partial charge in [-0.3, -0.25) is 4.79 Å². The largest absolute Gasteiger partial charge is 0.381 e. The van der Waals surface area contributed by atoms with Gasteiger partial charge in [0.2, 0.25) is 5.91 Å². The van der Waals surface area contributed by atoms with Crippen LogP contribution in [0, 0.1) is 5.92 Å². The van der Waals surface area contributed by atoms with Crippen molar-refractivity contribution in [2.45, 2.75) is 31.8 Å². The Morgan fingerprint density at radius 2 is 1.65 bits per heavy atom. The lowest BCUT2D eigenvalue weighted by Crippen LogP contribution is -2.49. The van der Waals surface area contributed by atoms with Gasteiger partial charge in [-0.05, 0) is 32.7 Å². The fourth-order valence-electron chi connectivity index (χ4n) is 2.83. The average Bonchev–Trinajstić information content (AvgIpc) is 2.39. The molecule has 0 radical (unpaired) electrons. The zero-order chi connectivity index (χ0) is 12.3. The van der Waals surface area contributed by atoms with Crippen LogP contribution in [-0.2, 0) is 9.53 Å². The quantitative estimate of drug-likeness (QED) is 0.721. The number of ether oxygens (including phenoxy) is 1. The molecule has 98 valence electrons. The summed E-state index contributed by atoms with van der Waals surface area (Å²) in [6.07, 6.45) is 4.47. The van der Waals surface area contributed by atoms with Crippen LogP contribution < -0.4 is 0 Å². The molecule has 1 aliphatic carbocycles. The number of likely N-dealkylation sites (N-methyl/N-ethyl adjacent to an activating group) is 1. The van der Waals surface area contributed by atoms with Gasteiger partial charge in [0.1, 0.15) is 0 Å². The summed E-state index contributed by atoms with van der Waals surface area (Å²) >= 11 is 0. The van der Waals surface area contributed by atoms with E-state index in [1.54, 1.807) is 7.11 Å². The second-order valence-corrected chi connectivity index (χ2v) is 5.34. The van der Waals surface area contributed by atoms with Gasteiger partial charge in [-0.25, -0.2) is 0 Å². The van der Waals surface area contributed by atoms with Gasteiger partial charge in [0.25, 0.3) is 0 Å². The summed E-state index contributed by atoms with van der Waals surface area (Å²) in [6, 6.07) is 0. The number of carbonyl (C=O) groups excluding carboxylic acids is 1. The highest BCUT2D eigenvalue weighted by Crippen LogP contribution is 2.27. The zero-order valence-electron chi connectivity index (χ0n) is 11.0. The number of rotatable bonds is 2. The molecule has 0 spiro atoms. The molecule has 4 nitrogen and oxygen atoms in total. The molecular weight excluding hydrogens is 216 g/mol. The number of carbonyl (C=O) groups is 1. The van der Waals surface area contributed by atoms with E-state index in [1.807, 2.05) is 0 Å². The number of hydrogen-bond acceptors (Lipinski definition) is 3. The van der Waals surface area contributed by atoms with Gasteiger partial charge in [-0.2, -0.15) is 0 Å². The normalized spacial score (nSPS) is 31.5. The van der Waals surface area contributed by atoms with Crippen molar-refractivity contribution in [1.29, 1.82) is 0 Å². The Balaban J connectivity index is 1.80. The standard InChI is InChI=1S/C13H24N2O2/c1-14-7-9-15(10-8-14)13(16)11-3-5-12(17-2)6-4-11/h11-12H,3-10H2,1-2H3. The van der Waals surface area contributed by atoms with E-state index in [-0.39, 0.29) is 5.92 Å². The Morgan fingerprint density at radius 1 is 1.06 bits per heavy atom. The van der Waals surface area contributed by atoms with Crippen LogP contribution in [0.15, 0.2) is 0 Å². The van der Waals surface area contributed by atoms with Gasteiger partial charge in [-0.1, -0.05) is 0 Å². The van der Waals surface area contributed by atoms with Crippen LogP contribution in [0.1, 0.15) is 25.7 Å². The van der Waals surface area contributed by atoms with Crippen molar-refractivity contribution in [1.82, 2.24) is 9.80 Å². The highest BCUT2D eigenvalue weighted by molar-refractivity contribution is 5.79. The summed E-state index contributed by atoms with van der Waals surface area (Å²) in [5, 5.41) is 0. The number of amides is 1. The van der Waals surface area contributed by atoms with Crippen molar-refractivity contribution in [3.8, 4) is 0 Å². The van der Waals surface area contributed by atoms with Crippen molar-refractivity contribution in [2.75, 3.05) is 40.3 Å². The molecule has 0 unspecified atom stereocenters. The van der Waals surface area contributed by atoms with E-state index in [0.29, 0.717) is 12.0 Å².